The number of nitrogens with one attached hydrogen (secondary N) is 2. The van der Waals surface area contributed by atoms with E-state index in [0.717, 1.165) is 47.6 Å². The molecule has 5 rings (SSSR count). The van der Waals surface area contributed by atoms with Crippen molar-refractivity contribution < 1.29 is 0 Å². The van der Waals surface area contributed by atoms with Gasteiger partial charge in [-0.3, -0.25) is 0 Å². The molecule has 0 radical (unpaired) electrons. The molecule has 4 aliphatic carbocycles. The molecule has 4 saturated carbocycles. The van der Waals surface area contributed by atoms with Crippen molar-refractivity contribution in [2.24, 2.45) is 35.5 Å². The maximum absolute atomic E-state index is 3.97. The molecule has 5 aliphatic rings. The molecule has 1 unspecified atom stereocenters. The van der Waals surface area contributed by atoms with E-state index in [1.807, 2.05) is 0 Å². The van der Waals surface area contributed by atoms with E-state index >= 15 is 0 Å². The van der Waals surface area contributed by atoms with Gasteiger partial charge < -0.3 is 10.6 Å². The minimum Gasteiger partial charge on any atom is -0.313 e. The number of allylic oxidation sites excluding steroid dienone is 2. The number of fused-ring (bicyclic) bond motifs is 6. The van der Waals surface area contributed by atoms with Crippen molar-refractivity contribution in [3.05, 3.63) is 24.3 Å². The molecule has 0 bridgehead atoms. The van der Waals surface area contributed by atoms with Crippen LogP contribution in [-0.4, -0.2) is 25.2 Å². The quantitative estimate of drug-likeness (QED) is 0.624. The van der Waals surface area contributed by atoms with E-state index in [0.29, 0.717) is 0 Å². The Morgan fingerprint density at radius 3 is 1.56 bits per heavy atom. The monoisotopic (exact) mass is 368 g/mol. The summed E-state index contributed by atoms with van der Waals surface area (Å²) in [5, 5.41) is 7.94. The van der Waals surface area contributed by atoms with Crippen LogP contribution in [0.15, 0.2) is 24.3 Å². The fourth-order valence-corrected chi connectivity index (χ4v) is 7.68. The van der Waals surface area contributed by atoms with Crippen LogP contribution >= 0.6 is 0 Å². The van der Waals surface area contributed by atoms with E-state index in [2.05, 4.69) is 34.9 Å². The van der Waals surface area contributed by atoms with Gasteiger partial charge in [0.1, 0.15) is 0 Å². The molecule has 0 aromatic carbocycles. The first-order chi connectivity index (χ1) is 13.4. The summed E-state index contributed by atoms with van der Waals surface area (Å²) in [6.45, 7) is 2.39. The smallest absolute Gasteiger partial charge is 0.0135 e. The topological polar surface area (TPSA) is 24.1 Å². The number of hydrogen-bond donors (Lipinski definition) is 2. The van der Waals surface area contributed by atoms with Crippen LogP contribution in [0.1, 0.15) is 70.6 Å². The zero-order valence-corrected chi connectivity index (χ0v) is 17.1. The summed E-state index contributed by atoms with van der Waals surface area (Å²) in [6, 6.07) is 1.46. The van der Waals surface area contributed by atoms with Crippen LogP contribution in [0.5, 0.6) is 0 Å². The van der Waals surface area contributed by atoms with Gasteiger partial charge in [0.25, 0.3) is 0 Å². The molecular weight excluding hydrogens is 328 g/mol. The molecule has 0 amide bonds. The van der Waals surface area contributed by atoms with E-state index in [1.165, 1.54) is 83.7 Å². The van der Waals surface area contributed by atoms with Crippen LogP contribution in [0.25, 0.3) is 0 Å². The van der Waals surface area contributed by atoms with Crippen LogP contribution in [0.4, 0.5) is 0 Å². The molecule has 0 spiro atoms. The van der Waals surface area contributed by atoms with Gasteiger partial charge in [0.2, 0.25) is 0 Å². The summed E-state index contributed by atoms with van der Waals surface area (Å²) >= 11 is 0. The van der Waals surface area contributed by atoms with Gasteiger partial charge in [0.15, 0.2) is 0 Å². The Balaban J connectivity index is 1.33. The SMILES string of the molecule is C1=C[C@@H]2[C@H]3CCCC[C@@H]3C[C@@H]2NCCCNC2C[C@H]3CCCC[C@@H]3[C@H]2C=C1. The third kappa shape index (κ3) is 3.81. The Morgan fingerprint density at radius 1 is 0.556 bits per heavy atom. The molecule has 1 aliphatic heterocycles. The summed E-state index contributed by atoms with van der Waals surface area (Å²) in [5.41, 5.74) is 0. The molecule has 2 nitrogen and oxygen atoms in total. The first kappa shape index (κ1) is 18.4. The average molecular weight is 369 g/mol. The lowest BCUT2D eigenvalue weighted by Gasteiger charge is -2.28. The molecular formula is C25H40N2. The summed E-state index contributed by atoms with van der Waals surface area (Å²) in [5.74, 6) is 5.43. The first-order valence-corrected chi connectivity index (χ1v) is 12.2. The van der Waals surface area contributed by atoms with Crippen molar-refractivity contribution in [3.8, 4) is 0 Å². The van der Waals surface area contributed by atoms with E-state index in [4.69, 9.17) is 0 Å². The van der Waals surface area contributed by atoms with Crippen molar-refractivity contribution in [2.75, 3.05) is 13.1 Å². The van der Waals surface area contributed by atoms with E-state index in [1.54, 1.807) is 0 Å². The standard InChI is InChI=1S/C25H40N2/c1-3-10-20-18(8-1)16-24-22(20)12-5-6-13-23-21-11-4-2-9-19(21)17-25(23)27-15-7-14-26-24/h5-6,12-13,18-27H,1-4,7-11,14-17H2/t18-,19-,20+,21+,22-,23-,24+,25?/m1/s1. The van der Waals surface area contributed by atoms with Crippen molar-refractivity contribution >= 4 is 0 Å². The zero-order valence-electron chi connectivity index (χ0n) is 17.1. The van der Waals surface area contributed by atoms with Gasteiger partial charge in [-0.05, 0) is 80.7 Å². The third-order valence-electron chi connectivity index (χ3n) is 8.91. The van der Waals surface area contributed by atoms with Crippen LogP contribution in [0.2, 0.25) is 0 Å². The molecule has 1 heterocycles. The van der Waals surface area contributed by atoms with Crippen molar-refractivity contribution in [1.82, 2.24) is 10.6 Å². The Kier molecular flexibility index (Phi) is 5.74. The summed E-state index contributed by atoms with van der Waals surface area (Å²) < 4.78 is 0. The predicted molar refractivity (Wildman–Crippen MR) is 114 cm³/mol. The normalized spacial score (nSPS) is 47.7. The molecule has 2 heteroatoms. The van der Waals surface area contributed by atoms with E-state index in [9.17, 15) is 0 Å². The highest BCUT2D eigenvalue weighted by Crippen LogP contribution is 2.48. The molecule has 8 atom stereocenters. The molecule has 150 valence electrons. The fraction of sp³-hybridized carbons (Fsp3) is 0.840. The Bertz CT molecular complexity index is 505. The minimum atomic E-state index is 0.728. The number of hydrogen-bond acceptors (Lipinski definition) is 2. The summed E-state index contributed by atoms with van der Waals surface area (Å²) in [4.78, 5) is 0. The molecule has 2 N–H and O–H groups in total. The van der Waals surface area contributed by atoms with E-state index in [-0.39, 0.29) is 0 Å². The Hall–Kier alpha value is -0.600. The van der Waals surface area contributed by atoms with Gasteiger partial charge >= 0.3 is 0 Å². The lowest BCUT2D eigenvalue weighted by Crippen LogP contribution is -2.37. The molecule has 0 aromatic heterocycles. The van der Waals surface area contributed by atoms with Crippen LogP contribution in [0, 0.1) is 35.5 Å². The third-order valence-corrected chi connectivity index (χ3v) is 8.91. The molecule has 4 fully saturated rings. The highest BCUT2D eigenvalue weighted by molar-refractivity contribution is 5.15. The molecule has 0 aromatic rings. The Labute approximate surface area is 166 Å². The average Bonchev–Trinajstić information content (AvgIpc) is 3.22. The maximum atomic E-state index is 3.97. The second kappa shape index (κ2) is 8.41. The highest BCUT2D eigenvalue weighted by atomic mass is 15.0. The van der Waals surface area contributed by atoms with Crippen LogP contribution < -0.4 is 10.6 Å². The minimum absolute atomic E-state index is 0.728. The molecule has 27 heavy (non-hydrogen) atoms. The predicted octanol–water partition coefficient (Wildman–Crippen LogP) is 5.07. The van der Waals surface area contributed by atoms with Gasteiger partial charge in [-0.2, -0.15) is 0 Å². The van der Waals surface area contributed by atoms with Gasteiger partial charge in [-0.15, -0.1) is 0 Å². The van der Waals surface area contributed by atoms with Gasteiger partial charge in [0.05, 0.1) is 0 Å². The van der Waals surface area contributed by atoms with Gasteiger partial charge in [-0.1, -0.05) is 62.8 Å². The lowest BCUT2D eigenvalue weighted by molar-refractivity contribution is 0.247. The second-order valence-corrected chi connectivity index (χ2v) is 10.3. The van der Waals surface area contributed by atoms with Gasteiger partial charge in [-0.25, -0.2) is 0 Å². The zero-order chi connectivity index (χ0) is 18.1. The fourth-order valence-electron chi connectivity index (χ4n) is 7.68. The van der Waals surface area contributed by atoms with Crippen molar-refractivity contribution in [1.29, 1.82) is 0 Å². The van der Waals surface area contributed by atoms with Crippen molar-refractivity contribution in [3.63, 3.8) is 0 Å². The van der Waals surface area contributed by atoms with Crippen molar-refractivity contribution in [2.45, 2.75) is 82.7 Å². The Morgan fingerprint density at radius 2 is 1.04 bits per heavy atom. The van der Waals surface area contributed by atoms with Crippen LogP contribution in [0.3, 0.4) is 0 Å². The second-order valence-electron chi connectivity index (χ2n) is 10.3. The molecule has 0 saturated heterocycles. The number of rotatable bonds is 0. The highest BCUT2D eigenvalue weighted by Gasteiger charge is 2.43. The lowest BCUT2D eigenvalue weighted by atomic mass is 9.77. The van der Waals surface area contributed by atoms with Gasteiger partial charge in [0, 0.05) is 12.1 Å². The summed E-state index contributed by atoms with van der Waals surface area (Å²) in [7, 11) is 0. The summed E-state index contributed by atoms with van der Waals surface area (Å²) in [6.07, 6.45) is 26.0. The first-order valence-electron chi connectivity index (χ1n) is 12.2. The largest absolute Gasteiger partial charge is 0.313 e. The van der Waals surface area contributed by atoms with E-state index < -0.39 is 0 Å². The maximum Gasteiger partial charge on any atom is 0.0135 e. The van der Waals surface area contributed by atoms with Crippen LogP contribution in [-0.2, 0) is 0 Å².